The summed E-state index contributed by atoms with van der Waals surface area (Å²) < 4.78 is 0. The zero-order valence-corrected chi connectivity index (χ0v) is 9.17. The van der Waals surface area contributed by atoms with E-state index in [-0.39, 0.29) is 11.9 Å². The average molecular weight is 208 g/mol. The van der Waals surface area contributed by atoms with Gasteiger partial charge < -0.3 is 4.90 Å². The zero-order valence-electron chi connectivity index (χ0n) is 9.17. The minimum absolute atomic E-state index is 0.192. The van der Waals surface area contributed by atoms with Crippen LogP contribution in [0.25, 0.3) is 0 Å². The van der Waals surface area contributed by atoms with Crippen molar-refractivity contribution in [3.8, 4) is 0 Å². The van der Waals surface area contributed by atoms with Gasteiger partial charge >= 0.3 is 6.03 Å². The third kappa shape index (κ3) is 1.35. The molecule has 1 aliphatic heterocycles. The molecule has 0 aromatic carbocycles. The lowest BCUT2D eigenvalue weighted by Gasteiger charge is -2.33. The summed E-state index contributed by atoms with van der Waals surface area (Å²) in [5.74, 6) is -0.192. The van der Waals surface area contributed by atoms with Gasteiger partial charge in [-0.1, -0.05) is 6.08 Å². The molecule has 0 bridgehead atoms. The molecular formula is C11H16N2O2. The summed E-state index contributed by atoms with van der Waals surface area (Å²) in [5.41, 5.74) is 0.330. The van der Waals surface area contributed by atoms with Crippen LogP contribution < -0.4 is 5.32 Å². The predicted molar refractivity (Wildman–Crippen MR) is 56.3 cm³/mol. The molecule has 0 radical (unpaired) electrons. The topological polar surface area (TPSA) is 49.4 Å². The standard InChI is InChI=1S/C11H16N2O2/c1-11(8-6-4-3-5-7-8)9(14)12-10(15)13(11)2/h6H,3-5,7H2,1-2H3,(H,12,14,15). The zero-order chi connectivity index (χ0) is 11.1. The SMILES string of the molecule is CN1C(=O)NC(=O)C1(C)C1=CCCCC1. The Bertz CT molecular complexity index is 348. The molecule has 1 saturated heterocycles. The Kier molecular flexibility index (Phi) is 2.29. The van der Waals surface area contributed by atoms with E-state index in [9.17, 15) is 9.59 Å². The van der Waals surface area contributed by atoms with Gasteiger partial charge in [-0.2, -0.15) is 0 Å². The molecule has 1 unspecified atom stereocenters. The Morgan fingerprint density at radius 3 is 2.60 bits per heavy atom. The highest BCUT2D eigenvalue weighted by Crippen LogP contribution is 2.34. The molecule has 4 nitrogen and oxygen atoms in total. The van der Waals surface area contributed by atoms with Gasteiger partial charge in [0.05, 0.1) is 0 Å². The fraction of sp³-hybridized carbons (Fsp3) is 0.636. The van der Waals surface area contributed by atoms with Crippen LogP contribution >= 0.6 is 0 Å². The maximum atomic E-state index is 11.8. The first-order chi connectivity index (χ1) is 7.06. The van der Waals surface area contributed by atoms with E-state index in [1.807, 2.05) is 6.92 Å². The first kappa shape index (κ1) is 10.2. The van der Waals surface area contributed by atoms with Gasteiger partial charge in [-0.3, -0.25) is 10.1 Å². The highest BCUT2D eigenvalue weighted by Gasteiger charge is 2.49. The van der Waals surface area contributed by atoms with E-state index in [2.05, 4.69) is 11.4 Å². The van der Waals surface area contributed by atoms with E-state index < -0.39 is 5.54 Å². The second-order valence-electron chi connectivity index (χ2n) is 4.37. The number of hydrogen-bond donors (Lipinski definition) is 1. The molecule has 1 fully saturated rings. The third-order valence-corrected chi connectivity index (χ3v) is 3.55. The van der Waals surface area contributed by atoms with Crippen LogP contribution in [-0.4, -0.2) is 29.4 Å². The fourth-order valence-corrected chi connectivity index (χ4v) is 2.30. The summed E-state index contributed by atoms with van der Waals surface area (Å²) >= 11 is 0. The van der Waals surface area contributed by atoms with Crippen LogP contribution in [0.4, 0.5) is 4.79 Å². The van der Waals surface area contributed by atoms with Gasteiger partial charge in [-0.25, -0.2) is 4.79 Å². The van der Waals surface area contributed by atoms with E-state index in [0.717, 1.165) is 24.8 Å². The summed E-state index contributed by atoms with van der Waals surface area (Å²) in [6.45, 7) is 1.82. The van der Waals surface area contributed by atoms with Crippen molar-refractivity contribution < 1.29 is 9.59 Å². The molecule has 0 aromatic heterocycles. The predicted octanol–water partition coefficient (Wildman–Crippen LogP) is 1.43. The minimum atomic E-state index is -0.752. The molecule has 1 aliphatic carbocycles. The highest BCUT2D eigenvalue weighted by molar-refractivity contribution is 6.08. The number of nitrogens with zero attached hydrogens (tertiary/aromatic N) is 1. The van der Waals surface area contributed by atoms with Gasteiger partial charge in [0.1, 0.15) is 5.54 Å². The number of nitrogens with one attached hydrogen (secondary N) is 1. The van der Waals surface area contributed by atoms with Crippen LogP contribution in [0.1, 0.15) is 32.6 Å². The van der Waals surface area contributed by atoms with Crippen molar-refractivity contribution >= 4 is 11.9 Å². The number of rotatable bonds is 1. The summed E-state index contributed by atoms with van der Waals surface area (Å²) in [6.07, 6.45) is 6.33. The highest BCUT2D eigenvalue weighted by atomic mass is 16.2. The monoisotopic (exact) mass is 208 g/mol. The molecule has 3 amide bonds. The fourth-order valence-electron chi connectivity index (χ4n) is 2.30. The van der Waals surface area contributed by atoms with Gasteiger partial charge in [0.25, 0.3) is 5.91 Å². The Morgan fingerprint density at radius 2 is 2.13 bits per heavy atom. The van der Waals surface area contributed by atoms with Crippen LogP contribution in [0.3, 0.4) is 0 Å². The number of carbonyl (C=O) groups excluding carboxylic acids is 2. The summed E-state index contributed by atoms with van der Waals surface area (Å²) in [7, 11) is 1.68. The van der Waals surface area contributed by atoms with Crippen LogP contribution in [0.2, 0.25) is 0 Å². The second-order valence-corrected chi connectivity index (χ2v) is 4.37. The third-order valence-electron chi connectivity index (χ3n) is 3.55. The average Bonchev–Trinajstić information content (AvgIpc) is 2.45. The smallest absolute Gasteiger partial charge is 0.309 e. The van der Waals surface area contributed by atoms with E-state index in [1.165, 1.54) is 11.3 Å². The van der Waals surface area contributed by atoms with Crippen LogP contribution in [-0.2, 0) is 4.79 Å². The van der Waals surface area contributed by atoms with Gasteiger partial charge in [-0.05, 0) is 38.2 Å². The van der Waals surface area contributed by atoms with E-state index in [4.69, 9.17) is 0 Å². The van der Waals surface area contributed by atoms with Crippen molar-refractivity contribution in [1.29, 1.82) is 0 Å². The molecular weight excluding hydrogens is 192 g/mol. The number of amides is 3. The van der Waals surface area contributed by atoms with E-state index in [1.54, 1.807) is 7.05 Å². The number of hydrogen-bond acceptors (Lipinski definition) is 2. The molecule has 1 N–H and O–H groups in total. The number of allylic oxidation sites excluding steroid dienone is 1. The summed E-state index contributed by atoms with van der Waals surface area (Å²) in [4.78, 5) is 24.7. The quantitative estimate of drug-likeness (QED) is 0.523. The summed E-state index contributed by atoms with van der Waals surface area (Å²) in [6, 6.07) is -0.297. The van der Waals surface area contributed by atoms with Crippen molar-refractivity contribution in [3.63, 3.8) is 0 Å². The summed E-state index contributed by atoms with van der Waals surface area (Å²) in [5, 5.41) is 2.36. The Morgan fingerprint density at radius 1 is 1.40 bits per heavy atom. The molecule has 0 saturated carbocycles. The molecule has 15 heavy (non-hydrogen) atoms. The normalized spacial score (nSPS) is 31.6. The molecule has 82 valence electrons. The van der Waals surface area contributed by atoms with Crippen molar-refractivity contribution in [3.05, 3.63) is 11.6 Å². The Balaban J connectivity index is 2.36. The van der Waals surface area contributed by atoms with Crippen molar-refractivity contribution in [2.24, 2.45) is 0 Å². The molecule has 4 heteroatoms. The van der Waals surface area contributed by atoms with Crippen molar-refractivity contribution in [1.82, 2.24) is 10.2 Å². The van der Waals surface area contributed by atoms with E-state index in [0.29, 0.717) is 0 Å². The maximum absolute atomic E-state index is 11.8. The van der Waals surface area contributed by atoms with Crippen LogP contribution in [0.15, 0.2) is 11.6 Å². The van der Waals surface area contributed by atoms with Gasteiger partial charge in [-0.15, -0.1) is 0 Å². The molecule has 2 aliphatic rings. The number of urea groups is 1. The van der Waals surface area contributed by atoms with Crippen molar-refractivity contribution in [2.75, 3.05) is 7.05 Å². The first-order valence-corrected chi connectivity index (χ1v) is 5.35. The number of carbonyl (C=O) groups is 2. The maximum Gasteiger partial charge on any atom is 0.325 e. The lowest BCUT2D eigenvalue weighted by atomic mass is 9.83. The lowest BCUT2D eigenvalue weighted by Crippen LogP contribution is -2.46. The molecule has 0 spiro atoms. The Hall–Kier alpha value is -1.32. The molecule has 1 heterocycles. The lowest BCUT2D eigenvalue weighted by molar-refractivity contribution is -0.124. The van der Waals surface area contributed by atoms with Crippen LogP contribution in [0.5, 0.6) is 0 Å². The van der Waals surface area contributed by atoms with E-state index >= 15 is 0 Å². The number of likely N-dealkylation sites (N-methyl/N-ethyl adjacent to an activating group) is 1. The molecule has 0 aromatic rings. The van der Waals surface area contributed by atoms with Gasteiger partial charge in [0, 0.05) is 7.05 Å². The van der Waals surface area contributed by atoms with Gasteiger partial charge in [0.2, 0.25) is 0 Å². The molecule has 1 atom stereocenters. The van der Waals surface area contributed by atoms with Crippen molar-refractivity contribution in [2.45, 2.75) is 38.1 Å². The first-order valence-electron chi connectivity index (χ1n) is 5.35. The largest absolute Gasteiger partial charge is 0.325 e. The second kappa shape index (κ2) is 3.36. The van der Waals surface area contributed by atoms with Crippen LogP contribution in [0, 0.1) is 0 Å². The minimum Gasteiger partial charge on any atom is -0.309 e. The van der Waals surface area contributed by atoms with Gasteiger partial charge in [0.15, 0.2) is 0 Å². The number of imide groups is 1. The Labute approximate surface area is 89.3 Å². The molecule has 2 rings (SSSR count).